The van der Waals surface area contributed by atoms with Crippen LogP contribution in [0.3, 0.4) is 0 Å². The molecular weight excluding hydrogens is 248 g/mol. The number of ether oxygens (including phenoxy) is 2. The lowest BCUT2D eigenvalue weighted by molar-refractivity contribution is 0.125. The number of piperidine rings is 1. The molecule has 19 heavy (non-hydrogen) atoms. The van der Waals surface area contributed by atoms with E-state index >= 15 is 0 Å². The van der Waals surface area contributed by atoms with Crippen molar-refractivity contribution in [2.24, 2.45) is 0 Å². The first-order valence-electron chi connectivity index (χ1n) is 6.51. The number of anilines is 1. The molecule has 2 saturated heterocycles. The van der Waals surface area contributed by atoms with Crippen molar-refractivity contribution in [3.05, 3.63) is 0 Å². The van der Waals surface area contributed by atoms with E-state index in [0.717, 1.165) is 25.7 Å². The van der Waals surface area contributed by atoms with Gasteiger partial charge in [0, 0.05) is 12.1 Å². The lowest BCUT2D eigenvalue weighted by atomic mass is 10.0. The minimum atomic E-state index is -0.209. The minimum absolute atomic E-state index is 0.209. The lowest BCUT2D eigenvalue weighted by Gasteiger charge is -2.37. The summed E-state index contributed by atoms with van der Waals surface area (Å²) >= 11 is 0. The highest BCUT2D eigenvalue weighted by Gasteiger charge is 2.41. The molecule has 2 unspecified atom stereocenters. The van der Waals surface area contributed by atoms with Crippen LogP contribution in [0.5, 0.6) is 12.0 Å². The molecule has 1 N–H and O–H groups in total. The Bertz CT molecular complexity index is 434. The van der Waals surface area contributed by atoms with Crippen LogP contribution in [0.4, 0.5) is 5.95 Å². The Kier molecular flexibility index (Phi) is 3.14. The molecule has 2 aliphatic heterocycles. The van der Waals surface area contributed by atoms with Crippen molar-refractivity contribution in [1.82, 2.24) is 15.0 Å². The predicted octanol–water partition coefficient (Wildman–Crippen LogP) is 0.381. The number of hydrogen-bond acceptors (Lipinski definition) is 7. The summed E-state index contributed by atoms with van der Waals surface area (Å²) in [6.07, 6.45) is 3.47. The Morgan fingerprint density at radius 2 is 1.53 bits per heavy atom. The zero-order chi connectivity index (χ0) is 13.4. The van der Waals surface area contributed by atoms with Gasteiger partial charge in [0.15, 0.2) is 0 Å². The van der Waals surface area contributed by atoms with Gasteiger partial charge in [-0.15, -0.1) is 4.98 Å². The molecule has 0 spiro atoms. The van der Waals surface area contributed by atoms with Crippen molar-refractivity contribution in [1.29, 1.82) is 0 Å². The van der Waals surface area contributed by atoms with Crippen LogP contribution in [0.15, 0.2) is 0 Å². The number of aliphatic hydroxyl groups excluding tert-OH is 1. The number of rotatable bonds is 3. The molecule has 0 aromatic carbocycles. The Balaban J connectivity index is 1.94. The van der Waals surface area contributed by atoms with Crippen LogP contribution in [0, 0.1) is 0 Å². The molecule has 2 atom stereocenters. The molecule has 2 aliphatic rings. The minimum Gasteiger partial charge on any atom is -0.467 e. The summed E-state index contributed by atoms with van der Waals surface area (Å²) < 4.78 is 10.2. The van der Waals surface area contributed by atoms with Crippen LogP contribution in [-0.2, 0) is 0 Å². The van der Waals surface area contributed by atoms with Crippen molar-refractivity contribution in [2.45, 2.75) is 43.9 Å². The van der Waals surface area contributed by atoms with E-state index < -0.39 is 0 Å². The molecule has 2 bridgehead atoms. The number of hydrogen-bond donors (Lipinski definition) is 1. The molecule has 104 valence electrons. The summed E-state index contributed by atoms with van der Waals surface area (Å²) in [7, 11) is 3.04. The van der Waals surface area contributed by atoms with Crippen LogP contribution >= 0.6 is 0 Å². The lowest BCUT2D eigenvalue weighted by Crippen LogP contribution is -2.45. The van der Waals surface area contributed by atoms with Gasteiger partial charge in [-0.3, -0.25) is 0 Å². The Morgan fingerprint density at radius 3 is 2.00 bits per heavy atom. The summed E-state index contributed by atoms with van der Waals surface area (Å²) in [6, 6.07) is 1.11. The average molecular weight is 266 g/mol. The van der Waals surface area contributed by atoms with Crippen LogP contribution in [0.25, 0.3) is 0 Å². The normalized spacial score (nSPS) is 29.4. The first kappa shape index (κ1) is 12.4. The third-order valence-corrected chi connectivity index (χ3v) is 3.89. The molecule has 7 heteroatoms. The maximum atomic E-state index is 9.83. The van der Waals surface area contributed by atoms with Crippen LogP contribution in [0.2, 0.25) is 0 Å². The number of nitrogens with zero attached hydrogens (tertiary/aromatic N) is 4. The SMILES string of the molecule is COc1nc(OC)nc(N2C3CCC2CC(O)C3)n1. The van der Waals surface area contributed by atoms with Gasteiger partial charge in [0.25, 0.3) is 0 Å². The Morgan fingerprint density at radius 1 is 1.00 bits per heavy atom. The van der Waals surface area contributed by atoms with E-state index in [1.807, 2.05) is 0 Å². The summed E-state index contributed by atoms with van der Waals surface area (Å²) in [5, 5.41) is 9.83. The fourth-order valence-electron chi connectivity index (χ4n) is 3.10. The molecular formula is C12H18N4O3. The smallest absolute Gasteiger partial charge is 0.324 e. The largest absolute Gasteiger partial charge is 0.467 e. The highest BCUT2D eigenvalue weighted by molar-refractivity contribution is 5.39. The van der Waals surface area contributed by atoms with Gasteiger partial charge in [-0.05, 0) is 25.7 Å². The third-order valence-electron chi connectivity index (χ3n) is 3.89. The number of methoxy groups -OCH3 is 2. The van der Waals surface area contributed by atoms with Gasteiger partial charge in [0.05, 0.1) is 20.3 Å². The van der Waals surface area contributed by atoms with E-state index in [1.165, 1.54) is 14.2 Å². The second-order valence-electron chi connectivity index (χ2n) is 5.03. The van der Waals surface area contributed by atoms with Crippen LogP contribution in [-0.4, -0.2) is 52.5 Å². The van der Waals surface area contributed by atoms with Crippen molar-refractivity contribution in [2.75, 3.05) is 19.1 Å². The molecule has 0 aliphatic carbocycles. The zero-order valence-corrected chi connectivity index (χ0v) is 11.1. The Labute approximate surface area is 111 Å². The second-order valence-corrected chi connectivity index (χ2v) is 5.03. The quantitative estimate of drug-likeness (QED) is 0.847. The summed E-state index contributed by atoms with van der Waals surface area (Å²) in [5.74, 6) is 0.586. The first-order valence-corrected chi connectivity index (χ1v) is 6.51. The fourth-order valence-corrected chi connectivity index (χ4v) is 3.10. The molecule has 1 aromatic heterocycles. The summed E-state index contributed by atoms with van der Waals surface area (Å²) in [5.41, 5.74) is 0. The van der Waals surface area contributed by atoms with E-state index in [0.29, 0.717) is 18.0 Å². The zero-order valence-electron chi connectivity index (χ0n) is 11.1. The van der Waals surface area contributed by atoms with Crippen molar-refractivity contribution in [3.8, 4) is 12.0 Å². The standard InChI is InChI=1S/C12H18N4O3/c1-18-11-13-10(14-12(15-11)19-2)16-7-3-4-8(16)6-9(17)5-7/h7-9,17H,3-6H2,1-2H3. The number of aromatic nitrogens is 3. The van der Waals surface area contributed by atoms with Crippen molar-refractivity contribution >= 4 is 5.95 Å². The van der Waals surface area contributed by atoms with Gasteiger partial charge < -0.3 is 19.5 Å². The molecule has 2 fully saturated rings. The van der Waals surface area contributed by atoms with Gasteiger partial charge >= 0.3 is 12.0 Å². The van der Waals surface area contributed by atoms with Gasteiger partial charge in [0.2, 0.25) is 5.95 Å². The monoisotopic (exact) mass is 266 g/mol. The fraction of sp³-hybridized carbons (Fsp3) is 0.750. The molecule has 3 rings (SSSR count). The highest BCUT2D eigenvalue weighted by atomic mass is 16.5. The van der Waals surface area contributed by atoms with Gasteiger partial charge in [-0.2, -0.15) is 9.97 Å². The van der Waals surface area contributed by atoms with E-state index in [4.69, 9.17) is 9.47 Å². The Hall–Kier alpha value is -1.63. The molecule has 3 heterocycles. The second kappa shape index (κ2) is 4.80. The van der Waals surface area contributed by atoms with E-state index in [2.05, 4.69) is 19.9 Å². The average Bonchev–Trinajstić information content (AvgIpc) is 2.70. The topological polar surface area (TPSA) is 80.6 Å². The molecule has 1 aromatic rings. The molecule has 0 saturated carbocycles. The molecule has 7 nitrogen and oxygen atoms in total. The molecule has 0 radical (unpaired) electrons. The summed E-state index contributed by atoms with van der Waals surface area (Å²) in [6.45, 7) is 0. The first-order chi connectivity index (χ1) is 9.21. The van der Waals surface area contributed by atoms with Gasteiger partial charge in [0.1, 0.15) is 0 Å². The number of aliphatic hydroxyl groups is 1. The maximum absolute atomic E-state index is 9.83. The van der Waals surface area contributed by atoms with Crippen molar-refractivity contribution in [3.63, 3.8) is 0 Å². The molecule has 0 amide bonds. The van der Waals surface area contributed by atoms with Gasteiger partial charge in [-0.25, -0.2) is 0 Å². The predicted molar refractivity (Wildman–Crippen MR) is 67.5 cm³/mol. The third kappa shape index (κ3) is 2.18. The van der Waals surface area contributed by atoms with Gasteiger partial charge in [-0.1, -0.05) is 0 Å². The van der Waals surface area contributed by atoms with E-state index in [1.54, 1.807) is 0 Å². The summed E-state index contributed by atoms with van der Waals surface area (Å²) in [4.78, 5) is 14.8. The van der Waals surface area contributed by atoms with E-state index in [9.17, 15) is 5.11 Å². The van der Waals surface area contributed by atoms with E-state index in [-0.39, 0.29) is 18.1 Å². The van der Waals surface area contributed by atoms with Crippen LogP contribution < -0.4 is 14.4 Å². The van der Waals surface area contributed by atoms with Crippen LogP contribution in [0.1, 0.15) is 25.7 Å². The van der Waals surface area contributed by atoms with Crippen molar-refractivity contribution < 1.29 is 14.6 Å². The highest BCUT2D eigenvalue weighted by Crippen LogP contribution is 2.38. The number of fused-ring (bicyclic) bond motifs is 2. The maximum Gasteiger partial charge on any atom is 0.324 e.